The predicted molar refractivity (Wildman–Crippen MR) is 159 cm³/mol. The van der Waals surface area contributed by atoms with Gasteiger partial charge in [-0.05, 0) is 124 Å². The average molecular weight is 523 g/mol. The van der Waals surface area contributed by atoms with Crippen LogP contribution in [0.3, 0.4) is 0 Å². The number of rotatable bonds is 12. The highest BCUT2D eigenvalue weighted by Crippen LogP contribution is 2.42. The molecule has 0 heterocycles. The zero-order valence-electron chi connectivity index (χ0n) is 24.0. The Balaban J connectivity index is 1.23. The molecule has 1 aromatic rings. The van der Waals surface area contributed by atoms with Crippen LogP contribution in [0.25, 0.3) is 5.57 Å². The standard InChI is InChI=1S/C36H52F2/c1-3-5-6-10-29-17-19-30(20-18-29)31-21-23-32(24-22-31)34-26-25-33(35(37)36(34)38)12-8-7-11-28-15-13-27(9-4-2)14-16-28/h3,7,11,23,25-31H,1,4-6,8-10,12-22,24H2,2H3/b11-7+. The molecule has 38 heavy (non-hydrogen) atoms. The number of hydrogen-bond donors (Lipinski definition) is 0. The van der Waals surface area contributed by atoms with Gasteiger partial charge in [-0.25, -0.2) is 8.78 Å². The fourth-order valence-electron chi connectivity index (χ4n) is 7.66. The van der Waals surface area contributed by atoms with Crippen LogP contribution in [0.15, 0.2) is 43.0 Å². The molecule has 0 bridgehead atoms. The van der Waals surface area contributed by atoms with Crippen molar-refractivity contribution in [2.45, 2.75) is 122 Å². The minimum absolute atomic E-state index is 0.495. The maximum absolute atomic E-state index is 15.1. The highest BCUT2D eigenvalue weighted by atomic mass is 19.2. The number of benzene rings is 1. The van der Waals surface area contributed by atoms with Gasteiger partial charge in [0.2, 0.25) is 0 Å². The monoisotopic (exact) mass is 522 g/mol. The van der Waals surface area contributed by atoms with E-state index in [9.17, 15) is 4.39 Å². The molecule has 1 aromatic carbocycles. The number of allylic oxidation sites excluding steroid dienone is 5. The third-order valence-corrected chi connectivity index (χ3v) is 10.1. The Bertz CT molecular complexity index is 925. The molecule has 0 nitrogen and oxygen atoms in total. The smallest absolute Gasteiger partial charge is 0.166 e. The van der Waals surface area contributed by atoms with Gasteiger partial charge in [-0.2, -0.15) is 0 Å². The van der Waals surface area contributed by atoms with Gasteiger partial charge < -0.3 is 0 Å². The molecule has 3 aliphatic carbocycles. The number of unbranched alkanes of at least 4 members (excludes halogenated alkanes) is 1. The summed E-state index contributed by atoms with van der Waals surface area (Å²) >= 11 is 0. The second-order valence-electron chi connectivity index (χ2n) is 12.7. The van der Waals surface area contributed by atoms with E-state index >= 15 is 4.39 Å². The van der Waals surface area contributed by atoms with E-state index in [1.54, 1.807) is 0 Å². The second-order valence-corrected chi connectivity index (χ2v) is 12.7. The first-order valence-corrected chi connectivity index (χ1v) is 16.0. The summed E-state index contributed by atoms with van der Waals surface area (Å²) in [6.45, 7) is 6.12. The highest BCUT2D eigenvalue weighted by Gasteiger charge is 2.29. The SMILES string of the molecule is C=CCCCC1CCC(C2CC=C(c3ccc(CC/C=C/C4CCC(CCC)CC4)c(F)c3F)CC2)CC1. The van der Waals surface area contributed by atoms with Crippen molar-refractivity contribution in [3.8, 4) is 0 Å². The average Bonchev–Trinajstić information content (AvgIpc) is 2.95. The maximum Gasteiger partial charge on any atom is 0.166 e. The summed E-state index contributed by atoms with van der Waals surface area (Å²) in [6.07, 6.45) is 30.3. The Kier molecular flexibility index (Phi) is 11.7. The third kappa shape index (κ3) is 8.15. The minimum Gasteiger partial charge on any atom is -0.203 e. The maximum atomic E-state index is 15.1. The molecule has 0 saturated heterocycles. The lowest BCUT2D eigenvalue weighted by atomic mass is 9.70. The molecule has 2 saturated carbocycles. The van der Waals surface area contributed by atoms with Crippen molar-refractivity contribution in [1.82, 2.24) is 0 Å². The van der Waals surface area contributed by atoms with Gasteiger partial charge in [0, 0.05) is 5.56 Å². The summed E-state index contributed by atoms with van der Waals surface area (Å²) < 4.78 is 30.1. The van der Waals surface area contributed by atoms with Crippen LogP contribution in [0.1, 0.15) is 127 Å². The van der Waals surface area contributed by atoms with E-state index in [0.717, 1.165) is 55.4 Å². The van der Waals surface area contributed by atoms with Gasteiger partial charge in [-0.15, -0.1) is 6.58 Å². The van der Waals surface area contributed by atoms with Gasteiger partial charge in [0.1, 0.15) is 0 Å². The molecule has 1 unspecified atom stereocenters. The van der Waals surface area contributed by atoms with Crippen molar-refractivity contribution in [2.75, 3.05) is 0 Å². The molecule has 0 spiro atoms. The van der Waals surface area contributed by atoms with Crippen molar-refractivity contribution >= 4 is 5.57 Å². The fraction of sp³-hybridized carbons (Fsp3) is 0.667. The minimum atomic E-state index is -0.634. The highest BCUT2D eigenvalue weighted by molar-refractivity contribution is 5.67. The molecule has 2 heteroatoms. The van der Waals surface area contributed by atoms with Crippen molar-refractivity contribution < 1.29 is 8.78 Å². The van der Waals surface area contributed by atoms with Gasteiger partial charge in [0.25, 0.3) is 0 Å². The fourth-order valence-corrected chi connectivity index (χ4v) is 7.66. The summed E-state index contributed by atoms with van der Waals surface area (Å²) in [5.41, 5.74) is 2.03. The lowest BCUT2D eigenvalue weighted by Gasteiger charge is -2.35. The summed E-state index contributed by atoms with van der Waals surface area (Å²) in [5.74, 6) is 2.76. The van der Waals surface area contributed by atoms with Gasteiger partial charge in [0.05, 0.1) is 0 Å². The first-order valence-electron chi connectivity index (χ1n) is 16.0. The Labute approximate surface area is 232 Å². The predicted octanol–water partition coefficient (Wildman–Crippen LogP) is 11.4. The van der Waals surface area contributed by atoms with Crippen LogP contribution in [0.4, 0.5) is 8.78 Å². The van der Waals surface area contributed by atoms with Gasteiger partial charge >= 0.3 is 0 Å². The Morgan fingerprint density at radius 3 is 2.26 bits per heavy atom. The molecule has 0 radical (unpaired) electrons. The summed E-state index contributed by atoms with van der Waals surface area (Å²) in [4.78, 5) is 0. The number of halogens is 2. The molecule has 0 amide bonds. The van der Waals surface area contributed by atoms with Crippen LogP contribution in [0, 0.1) is 41.2 Å². The molecule has 0 aliphatic heterocycles. The largest absolute Gasteiger partial charge is 0.203 e. The van der Waals surface area contributed by atoms with E-state index in [2.05, 4.69) is 31.7 Å². The number of aryl methyl sites for hydroxylation is 1. The van der Waals surface area contributed by atoms with E-state index in [4.69, 9.17) is 0 Å². The van der Waals surface area contributed by atoms with Crippen LogP contribution in [-0.4, -0.2) is 0 Å². The van der Waals surface area contributed by atoms with Crippen LogP contribution in [0.2, 0.25) is 0 Å². The van der Waals surface area contributed by atoms with Crippen molar-refractivity contribution in [2.24, 2.45) is 29.6 Å². The third-order valence-electron chi connectivity index (χ3n) is 10.1. The number of hydrogen-bond acceptors (Lipinski definition) is 0. The summed E-state index contributed by atoms with van der Waals surface area (Å²) in [5, 5.41) is 0. The van der Waals surface area contributed by atoms with Crippen LogP contribution >= 0.6 is 0 Å². The first-order chi connectivity index (χ1) is 18.6. The molecule has 0 N–H and O–H groups in total. The van der Waals surface area contributed by atoms with Crippen LogP contribution in [-0.2, 0) is 6.42 Å². The lowest BCUT2D eigenvalue weighted by Crippen LogP contribution is -2.23. The van der Waals surface area contributed by atoms with Crippen LogP contribution in [0.5, 0.6) is 0 Å². The molecule has 210 valence electrons. The van der Waals surface area contributed by atoms with E-state index in [0.29, 0.717) is 29.4 Å². The van der Waals surface area contributed by atoms with Gasteiger partial charge in [0.15, 0.2) is 11.6 Å². The van der Waals surface area contributed by atoms with E-state index in [-0.39, 0.29) is 0 Å². The summed E-state index contributed by atoms with van der Waals surface area (Å²) in [6, 6.07) is 3.67. The van der Waals surface area contributed by atoms with Crippen molar-refractivity contribution in [1.29, 1.82) is 0 Å². The van der Waals surface area contributed by atoms with E-state index < -0.39 is 11.6 Å². The first kappa shape index (κ1) is 29.3. The lowest BCUT2D eigenvalue weighted by molar-refractivity contribution is 0.188. The van der Waals surface area contributed by atoms with Gasteiger partial charge in [-0.3, -0.25) is 0 Å². The normalized spacial score (nSPS) is 28.4. The van der Waals surface area contributed by atoms with E-state index in [1.165, 1.54) is 77.0 Å². The van der Waals surface area contributed by atoms with Gasteiger partial charge in [-0.1, -0.05) is 75.5 Å². The quantitative estimate of drug-likeness (QED) is 0.189. The molecule has 0 aromatic heterocycles. The molecule has 4 rings (SSSR count). The molecule has 3 aliphatic rings. The Morgan fingerprint density at radius 2 is 1.58 bits per heavy atom. The summed E-state index contributed by atoms with van der Waals surface area (Å²) in [7, 11) is 0. The molecule has 1 atom stereocenters. The van der Waals surface area contributed by atoms with Crippen molar-refractivity contribution in [3.05, 3.63) is 65.8 Å². The van der Waals surface area contributed by atoms with Crippen molar-refractivity contribution in [3.63, 3.8) is 0 Å². The Morgan fingerprint density at radius 1 is 0.842 bits per heavy atom. The zero-order valence-corrected chi connectivity index (χ0v) is 24.0. The second kappa shape index (κ2) is 15.2. The topological polar surface area (TPSA) is 0 Å². The van der Waals surface area contributed by atoms with E-state index in [1.807, 2.05) is 18.2 Å². The van der Waals surface area contributed by atoms with Crippen LogP contribution < -0.4 is 0 Å². The zero-order chi connectivity index (χ0) is 26.7. The molecular weight excluding hydrogens is 470 g/mol. The Hall–Kier alpha value is -1.70. The molecule has 2 fully saturated rings. The molecular formula is C36H52F2.